The van der Waals surface area contributed by atoms with Crippen molar-refractivity contribution in [1.82, 2.24) is 10.2 Å². The highest BCUT2D eigenvalue weighted by Gasteiger charge is 2.25. The van der Waals surface area contributed by atoms with Gasteiger partial charge in [0.15, 0.2) is 0 Å². The lowest BCUT2D eigenvalue weighted by Crippen LogP contribution is -2.52. The molecular formula is C23H28N4O2. The maximum absolute atomic E-state index is 12.8. The average molecular weight is 393 g/mol. The largest absolute Gasteiger partial charge is 0.374 e. The molecule has 2 amide bonds. The van der Waals surface area contributed by atoms with Crippen LogP contribution in [0.2, 0.25) is 0 Å². The molecule has 0 bridgehead atoms. The third-order valence-electron chi connectivity index (χ3n) is 5.53. The van der Waals surface area contributed by atoms with Gasteiger partial charge < -0.3 is 20.4 Å². The van der Waals surface area contributed by atoms with Gasteiger partial charge in [-0.05, 0) is 56.2 Å². The number of para-hydroxylation sites is 1. The average Bonchev–Trinajstić information content (AvgIpc) is 3.58. The number of rotatable bonds is 6. The van der Waals surface area contributed by atoms with E-state index in [0.717, 1.165) is 44.7 Å². The smallest absolute Gasteiger partial charge is 0.251 e. The van der Waals surface area contributed by atoms with Gasteiger partial charge in [0.2, 0.25) is 5.91 Å². The molecule has 2 N–H and O–H groups in total. The zero-order valence-electron chi connectivity index (χ0n) is 16.8. The van der Waals surface area contributed by atoms with Gasteiger partial charge in [-0.15, -0.1) is 0 Å². The fourth-order valence-electron chi connectivity index (χ4n) is 3.62. The van der Waals surface area contributed by atoms with Crippen LogP contribution in [0.4, 0.5) is 11.4 Å². The second kappa shape index (κ2) is 8.55. The highest BCUT2D eigenvalue weighted by Crippen LogP contribution is 2.20. The molecule has 1 unspecified atom stereocenters. The summed E-state index contributed by atoms with van der Waals surface area (Å²) >= 11 is 0. The van der Waals surface area contributed by atoms with Crippen LogP contribution < -0.4 is 15.5 Å². The molecule has 4 rings (SSSR count). The minimum Gasteiger partial charge on any atom is -0.374 e. The molecule has 1 aliphatic carbocycles. The van der Waals surface area contributed by atoms with Crippen molar-refractivity contribution >= 4 is 23.2 Å². The van der Waals surface area contributed by atoms with Gasteiger partial charge in [0.25, 0.3) is 5.91 Å². The van der Waals surface area contributed by atoms with Gasteiger partial charge in [-0.25, -0.2) is 0 Å². The minimum atomic E-state index is -0.315. The second-order valence-corrected chi connectivity index (χ2v) is 7.84. The number of amides is 2. The molecule has 2 fully saturated rings. The fraction of sp³-hybridized carbons (Fsp3) is 0.391. The van der Waals surface area contributed by atoms with Crippen molar-refractivity contribution in [2.75, 3.05) is 36.4 Å². The fourth-order valence-corrected chi connectivity index (χ4v) is 3.62. The minimum absolute atomic E-state index is 0.0283. The first-order chi connectivity index (χ1) is 14.1. The number of carbonyl (C=O) groups is 2. The molecule has 29 heavy (non-hydrogen) atoms. The number of nitrogens with zero attached hydrogens (tertiary/aromatic N) is 2. The molecule has 2 aliphatic rings. The maximum atomic E-state index is 12.8. The first-order valence-electron chi connectivity index (χ1n) is 10.4. The summed E-state index contributed by atoms with van der Waals surface area (Å²) in [5.41, 5.74) is 2.70. The maximum Gasteiger partial charge on any atom is 0.251 e. The standard InChI is InChI=1S/C23H28N4O2/c1-17(24-19-9-7-18(8-10-19)22(28)25-20-11-12-20)23(29)27-15-13-26(14-16-27)21-5-3-2-4-6-21/h2-10,17,20,24H,11-16H2,1H3,(H,25,28). The first kappa shape index (κ1) is 19.3. The highest BCUT2D eigenvalue weighted by molar-refractivity contribution is 5.95. The number of anilines is 2. The summed E-state index contributed by atoms with van der Waals surface area (Å²) in [7, 11) is 0. The van der Waals surface area contributed by atoms with Crippen LogP contribution in [-0.4, -0.2) is 55.0 Å². The van der Waals surface area contributed by atoms with E-state index in [1.807, 2.05) is 42.2 Å². The van der Waals surface area contributed by atoms with Crippen molar-refractivity contribution in [3.63, 3.8) is 0 Å². The van der Waals surface area contributed by atoms with Gasteiger partial charge >= 0.3 is 0 Å². The second-order valence-electron chi connectivity index (χ2n) is 7.84. The van der Waals surface area contributed by atoms with Crippen molar-refractivity contribution in [2.24, 2.45) is 0 Å². The van der Waals surface area contributed by atoms with E-state index >= 15 is 0 Å². The molecule has 1 saturated carbocycles. The third-order valence-corrected chi connectivity index (χ3v) is 5.53. The molecule has 0 spiro atoms. The number of piperazine rings is 1. The quantitative estimate of drug-likeness (QED) is 0.793. The number of hydrogen-bond donors (Lipinski definition) is 2. The lowest BCUT2D eigenvalue weighted by atomic mass is 10.1. The van der Waals surface area contributed by atoms with E-state index in [1.165, 1.54) is 5.69 Å². The molecular weight excluding hydrogens is 364 g/mol. The molecule has 1 heterocycles. The first-order valence-corrected chi connectivity index (χ1v) is 10.4. The summed E-state index contributed by atoms with van der Waals surface area (Å²) in [6.07, 6.45) is 2.15. The Labute approximate surface area is 171 Å². The third kappa shape index (κ3) is 4.88. The lowest BCUT2D eigenvalue weighted by molar-refractivity contribution is -0.131. The van der Waals surface area contributed by atoms with Crippen LogP contribution in [0.3, 0.4) is 0 Å². The number of hydrogen-bond acceptors (Lipinski definition) is 4. The van der Waals surface area contributed by atoms with Crippen LogP contribution in [0.1, 0.15) is 30.1 Å². The molecule has 0 radical (unpaired) electrons. The SMILES string of the molecule is CC(Nc1ccc(C(=O)NC2CC2)cc1)C(=O)N1CCN(c2ccccc2)CC1. The van der Waals surface area contributed by atoms with E-state index in [9.17, 15) is 9.59 Å². The Balaban J connectivity index is 1.27. The number of nitrogens with one attached hydrogen (secondary N) is 2. The Morgan fingerprint density at radius 1 is 0.931 bits per heavy atom. The number of benzene rings is 2. The van der Waals surface area contributed by atoms with Crippen molar-refractivity contribution in [2.45, 2.75) is 31.8 Å². The summed E-state index contributed by atoms with van der Waals surface area (Å²) < 4.78 is 0. The normalized spacial score (nSPS) is 17.6. The Bertz CT molecular complexity index is 841. The van der Waals surface area contributed by atoms with Crippen LogP contribution in [0, 0.1) is 0 Å². The van der Waals surface area contributed by atoms with Crippen molar-refractivity contribution in [3.8, 4) is 0 Å². The van der Waals surface area contributed by atoms with E-state index in [1.54, 1.807) is 12.1 Å². The van der Waals surface area contributed by atoms with E-state index < -0.39 is 0 Å². The molecule has 6 heteroatoms. The number of carbonyl (C=O) groups excluding carboxylic acids is 2. The zero-order chi connectivity index (χ0) is 20.2. The Hall–Kier alpha value is -3.02. The van der Waals surface area contributed by atoms with E-state index in [2.05, 4.69) is 27.7 Å². The van der Waals surface area contributed by atoms with Gasteiger partial charge in [-0.1, -0.05) is 18.2 Å². The molecule has 6 nitrogen and oxygen atoms in total. The van der Waals surface area contributed by atoms with E-state index in [4.69, 9.17) is 0 Å². The highest BCUT2D eigenvalue weighted by atomic mass is 16.2. The lowest BCUT2D eigenvalue weighted by Gasteiger charge is -2.37. The van der Waals surface area contributed by atoms with E-state index in [-0.39, 0.29) is 17.9 Å². The summed E-state index contributed by atoms with van der Waals surface area (Å²) in [5, 5.41) is 6.25. The van der Waals surface area contributed by atoms with Crippen LogP contribution >= 0.6 is 0 Å². The summed E-state index contributed by atoms with van der Waals surface area (Å²) in [5.74, 6) is 0.0766. The molecule has 1 atom stereocenters. The molecule has 2 aromatic carbocycles. The summed E-state index contributed by atoms with van der Waals surface area (Å²) in [6.45, 7) is 5.01. The Morgan fingerprint density at radius 2 is 1.59 bits per heavy atom. The molecule has 1 saturated heterocycles. The monoisotopic (exact) mass is 392 g/mol. The van der Waals surface area contributed by atoms with Gasteiger partial charge in [-0.2, -0.15) is 0 Å². The van der Waals surface area contributed by atoms with Crippen molar-refractivity contribution in [3.05, 3.63) is 60.2 Å². The Kier molecular flexibility index (Phi) is 5.69. The van der Waals surface area contributed by atoms with Crippen molar-refractivity contribution in [1.29, 1.82) is 0 Å². The molecule has 1 aliphatic heterocycles. The van der Waals surface area contributed by atoms with Gasteiger partial charge in [0.1, 0.15) is 6.04 Å². The molecule has 152 valence electrons. The Morgan fingerprint density at radius 3 is 2.21 bits per heavy atom. The predicted octanol–water partition coefficient (Wildman–Crippen LogP) is 2.73. The van der Waals surface area contributed by atoms with Crippen LogP contribution in [0.5, 0.6) is 0 Å². The van der Waals surface area contributed by atoms with Crippen LogP contribution in [0.15, 0.2) is 54.6 Å². The van der Waals surface area contributed by atoms with Gasteiger partial charge in [0.05, 0.1) is 0 Å². The topological polar surface area (TPSA) is 64.7 Å². The molecule has 0 aromatic heterocycles. The zero-order valence-corrected chi connectivity index (χ0v) is 16.8. The molecule has 2 aromatic rings. The van der Waals surface area contributed by atoms with Crippen molar-refractivity contribution < 1.29 is 9.59 Å². The van der Waals surface area contributed by atoms with Crippen LogP contribution in [-0.2, 0) is 4.79 Å². The predicted molar refractivity (Wildman–Crippen MR) is 115 cm³/mol. The van der Waals surface area contributed by atoms with Gasteiger partial charge in [0, 0.05) is 49.2 Å². The summed E-state index contributed by atoms with van der Waals surface area (Å²) in [6, 6.07) is 17.7. The van der Waals surface area contributed by atoms with Gasteiger partial charge in [-0.3, -0.25) is 9.59 Å². The summed E-state index contributed by atoms with van der Waals surface area (Å²) in [4.78, 5) is 29.1. The van der Waals surface area contributed by atoms with E-state index in [0.29, 0.717) is 11.6 Å². The van der Waals surface area contributed by atoms with Crippen LogP contribution in [0.25, 0.3) is 0 Å².